The van der Waals surface area contributed by atoms with E-state index in [2.05, 4.69) is 13.8 Å². The van der Waals surface area contributed by atoms with Crippen molar-refractivity contribution in [3.63, 3.8) is 0 Å². The smallest absolute Gasteiger partial charge is 0.306 e. The van der Waals surface area contributed by atoms with E-state index in [0.29, 0.717) is 19.1 Å². The van der Waals surface area contributed by atoms with Crippen LogP contribution >= 0.6 is 0 Å². The van der Waals surface area contributed by atoms with Gasteiger partial charge < -0.3 is 24.8 Å². The molecule has 302 valence electrons. The van der Waals surface area contributed by atoms with E-state index < -0.39 is 42.5 Å². The fourth-order valence-electron chi connectivity index (χ4n) is 6.83. The molecule has 0 aromatic rings. The number of carbonyl (C=O) groups excluding carboxylic acids is 3. The molecule has 0 aliphatic rings. The van der Waals surface area contributed by atoms with Gasteiger partial charge in [-0.1, -0.05) is 194 Å². The van der Waals surface area contributed by atoms with Crippen molar-refractivity contribution in [2.45, 2.75) is 250 Å². The molecule has 8 heteroatoms. The molecule has 0 unspecified atom stereocenters. The average molecular weight is 727 g/mol. The molecule has 0 bridgehead atoms. The maximum Gasteiger partial charge on any atom is 0.306 e. The highest BCUT2D eigenvalue weighted by atomic mass is 16.6. The van der Waals surface area contributed by atoms with Crippen molar-refractivity contribution < 1.29 is 39.2 Å². The molecule has 4 atom stereocenters. The number of carbonyl (C=O) groups is 3. The molecular formula is C43H82O8. The second-order valence-electron chi connectivity index (χ2n) is 15.3. The summed E-state index contributed by atoms with van der Waals surface area (Å²) in [4.78, 5) is 37.5. The molecule has 0 aliphatic carbocycles. The van der Waals surface area contributed by atoms with E-state index in [1.807, 2.05) is 0 Å². The average Bonchev–Trinajstić information content (AvgIpc) is 3.12. The van der Waals surface area contributed by atoms with Gasteiger partial charge in [0, 0.05) is 12.8 Å². The highest BCUT2D eigenvalue weighted by Gasteiger charge is 2.49. The number of aliphatic hydroxyl groups excluding tert-OH is 3. The lowest BCUT2D eigenvalue weighted by Gasteiger charge is -2.39. The molecular weight excluding hydrogens is 644 g/mol. The Morgan fingerprint density at radius 1 is 0.529 bits per heavy atom. The summed E-state index contributed by atoms with van der Waals surface area (Å²) in [6, 6.07) is 0. The number of ether oxygens (including phenoxy) is 2. The van der Waals surface area contributed by atoms with Gasteiger partial charge in [-0.3, -0.25) is 14.4 Å². The number of hydrogen-bond acceptors (Lipinski definition) is 8. The summed E-state index contributed by atoms with van der Waals surface area (Å²) >= 11 is 0. The molecule has 0 saturated carbocycles. The van der Waals surface area contributed by atoms with Gasteiger partial charge in [-0.15, -0.1) is 0 Å². The van der Waals surface area contributed by atoms with Crippen molar-refractivity contribution in [1.29, 1.82) is 0 Å². The van der Waals surface area contributed by atoms with Gasteiger partial charge in [-0.05, 0) is 19.8 Å². The summed E-state index contributed by atoms with van der Waals surface area (Å²) < 4.78 is 11.0. The molecule has 51 heavy (non-hydrogen) atoms. The van der Waals surface area contributed by atoms with Crippen LogP contribution in [0.1, 0.15) is 226 Å². The maximum absolute atomic E-state index is 12.8. The summed E-state index contributed by atoms with van der Waals surface area (Å²) in [5.74, 6) is -1.28. The summed E-state index contributed by atoms with van der Waals surface area (Å²) in [5, 5.41) is 30.4. The molecule has 3 N–H and O–H groups in total. The van der Waals surface area contributed by atoms with Gasteiger partial charge >= 0.3 is 11.9 Å². The van der Waals surface area contributed by atoms with Crippen LogP contribution in [0, 0.1) is 0 Å². The zero-order valence-electron chi connectivity index (χ0n) is 33.5. The van der Waals surface area contributed by atoms with Crippen LogP contribution in [-0.2, 0) is 23.9 Å². The number of aldehydes is 1. The molecule has 0 saturated heterocycles. The van der Waals surface area contributed by atoms with E-state index >= 15 is 0 Å². The molecule has 0 aliphatic heterocycles. The van der Waals surface area contributed by atoms with Crippen molar-refractivity contribution in [3.05, 3.63) is 0 Å². The first-order valence-corrected chi connectivity index (χ1v) is 21.6. The molecule has 0 fully saturated rings. The van der Waals surface area contributed by atoms with E-state index in [-0.39, 0.29) is 12.8 Å². The minimum absolute atomic E-state index is 0.0778. The minimum Gasteiger partial charge on any atom is -0.452 e. The fraction of sp³-hybridized carbons (Fsp3) is 0.930. The van der Waals surface area contributed by atoms with Crippen molar-refractivity contribution in [2.75, 3.05) is 6.61 Å². The number of esters is 2. The van der Waals surface area contributed by atoms with Crippen molar-refractivity contribution >= 4 is 18.2 Å². The molecule has 0 radical (unpaired) electrons. The van der Waals surface area contributed by atoms with E-state index in [0.717, 1.165) is 38.5 Å². The van der Waals surface area contributed by atoms with Crippen LogP contribution in [0.5, 0.6) is 0 Å². The lowest BCUT2D eigenvalue weighted by molar-refractivity contribution is -0.212. The van der Waals surface area contributed by atoms with Gasteiger partial charge in [-0.2, -0.15) is 0 Å². The standard InChI is InChI=1S/C43H82O8/c1-4-6-8-10-12-14-16-18-20-22-24-26-28-30-32-34-40(47)50-39(37-45)43(3,42(49)38(46)36-44)51-41(48)35-33-31-29-27-25-23-21-19-17-15-13-11-9-7-5-2/h37-39,42,44,46,49H,4-36H2,1-3H3/t38-,39+,42-,43-/m1/s1. The lowest BCUT2D eigenvalue weighted by atomic mass is 9.88. The number of aliphatic hydroxyl groups is 3. The van der Waals surface area contributed by atoms with E-state index in [1.54, 1.807) is 0 Å². The first-order chi connectivity index (χ1) is 24.8. The zero-order chi connectivity index (χ0) is 37.8. The molecule has 0 aromatic heterocycles. The van der Waals surface area contributed by atoms with Crippen LogP contribution in [0.4, 0.5) is 0 Å². The van der Waals surface area contributed by atoms with Gasteiger partial charge in [0.1, 0.15) is 12.2 Å². The first kappa shape index (κ1) is 49.5. The summed E-state index contributed by atoms with van der Waals surface area (Å²) in [7, 11) is 0. The molecule has 0 rings (SSSR count). The monoisotopic (exact) mass is 727 g/mol. The summed E-state index contributed by atoms with van der Waals surface area (Å²) in [6.07, 6.45) is 31.5. The van der Waals surface area contributed by atoms with Crippen LogP contribution in [0.3, 0.4) is 0 Å². The molecule has 0 spiro atoms. The van der Waals surface area contributed by atoms with Crippen LogP contribution in [0.15, 0.2) is 0 Å². The second kappa shape index (κ2) is 35.5. The Morgan fingerprint density at radius 3 is 1.12 bits per heavy atom. The van der Waals surface area contributed by atoms with Crippen LogP contribution in [0.2, 0.25) is 0 Å². The maximum atomic E-state index is 12.8. The lowest BCUT2D eigenvalue weighted by Crippen LogP contribution is -2.59. The topological polar surface area (TPSA) is 130 Å². The molecule has 0 amide bonds. The Balaban J connectivity index is 4.32. The predicted octanol–water partition coefficient (Wildman–Crippen LogP) is 10.6. The molecule has 8 nitrogen and oxygen atoms in total. The third-order valence-electron chi connectivity index (χ3n) is 10.4. The summed E-state index contributed by atoms with van der Waals surface area (Å²) in [6.45, 7) is 4.95. The van der Waals surface area contributed by atoms with Crippen molar-refractivity contribution in [1.82, 2.24) is 0 Å². The quantitative estimate of drug-likeness (QED) is 0.0324. The van der Waals surface area contributed by atoms with E-state index in [1.165, 1.54) is 148 Å². The zero-order valence-corrected chi connectivity index (χ0v) is 33.5. The number of rotatable bonds is 39. The Labute approximate surface area is 313 Å². The fourth-order valence-corrected chi connectivity index (χ4v) is 6.83. The van der Waals surface area contributed by atoms with Crippen molar-refractivity contribution in [3.8, 4) is 0 Å². The Kier molecular flexibility index (Phi) is 34.5. The van der Waals surface area contributed by atoms with E-state index in [4.69, 9.17) is 9.47 Å². The molecule has 0 heterocycles. The van der Waals surface area contributed by atoms with Crippen molar-refractivity contribution in [2.24, 2.45) is 0 Å². The van der Waals surface area contributed by atoms with Gasteiger partial charge in [0.05, 0.1) is 6.61 Å². The van der Waals surface area contributed by atoms with Gasteiger partial charge in [0.25, 0.3) is 0 Å². The third kappa shape index (κ3) is 27.7. The highest BCUT2D eigenvalue weighted by Crippen LogP contribution is 2.27. The minimum atomic E-state index is -2.04. The van der Waals surface area contributed by atoms with E-state index in [9.17, 15) is 29.7 Å². The van der Waals surface area contributed by atoms with Gasteiger partial charge in [-0.25, -0.2) is 0 Å². The Hall–Kier alpha value is -1.51. The SMILES string of the molecule is CCCCCCCCCCCCCCCCCC(=O)O[C@@H](C=O)[C@@](C)(OC(=O)CCCCCCCCCCCCCCCCC)[C@H](O)[C@H](O)CO. The number of unbranched alkanes of at least 4 members (excludes halogenated alkanes) is 28. The van der Waals surface area contributed by atoms with Crippen LogP contribution < -0.4 is 0 Å². The first-order valence-electron chi connectivity index (χ1n) is 21.6. The number of hydrogen-bond donors (Lipinski definition) is 3. The van der Waals surface area contributed by atoms with Crippen LogP contribution in [-0.4, -0.2) is 64.1 Å². The molecule has 0 aromatic carbocycles. The summed E-state index contributed by atoms with van der Waals surface area (Å²) in [5.41, 5.74) is -2.04. The van der Waals surface area contributed by atoms with Gasteiger partial charge in [0.2, 0.25) is 0 Å². The third-order valence-corrected chi connectivity index (χ3v) is 10.4. The van der Waals surface area contributed by atoms with Crippen LogP contribution in [0.25, 0.3) is 0 Å². The Bertz CT molecular complexity index is 805. The largest absolute Gasteiger partial charge is 0.452 e. The van der Waals surface area contributed by atoms with Gasteiger partial charge in [0.15, 0.2) is 18.0 Å². The highest BCUT2D eigenvalue weighted by molar-refractivity contribution is 5.74. The second-order valence-corrected chi connectivity index (χ2v) is 15.3. The normalized spacial score (nSPS) is 14.5. The Morgan fingerprint density at radius 2 is 0.824 bits per heavy atom. The predicted molar refractivity (Wildman–Crippen MR) is 209 cm³/mol.